The molecule has 0 aliphatic carbocycles. The van der Waals surface area contributed by atoms with E-state index in [1.165, 1.54) is 17.6 Å². The number of hydrogen-bond acceptors (Lipinski definition) is 4. The molecule has 0 bridgehead atoms. The van der Waals surface area contributed by atoms with E-state index < -0.39 is 10.0 Å². The van der Waals surface area contributed by atoms with Crippen LogP contribution in [0.3, 0.4) is 0 Å². The van der Waals surface area contributed by atoms with E-state index in [0.29, 0.717) is 24.1 Å². The van der Waals surface area contributed by atoms with E-state index in [-0.39, 0.29) is 0 Å². The van der Waals surface area contributed by atoms with Crippen LogP contribution >= 0.6 is 0 Å². The van der Waals surface area contributed by atoms with Crippen LogP contribution in [0, 0.1) is 11.8 Å². The lowest BCUT2D eigenvalue weighted by atomic mass is 9.99. The molecule has 2 atom stereocenters. The fourth-order valence-electron chi connectivity index (χ4n) is 2.23. The van der Waals surface area contributed by atoms with Gasteiger partial charge < -0.3 is 10.1 Å². The summed E-state index contributed by atoms with van der Waals surface area (Å²) >= 11 is 0. The van der Waals surface area contributed by atoms with Gasteiger partial charge in [-0.05, 0) is 36.7 Å². The number of anilines is 1. The van der Waals surface area contributed by atoms with Gasteiger partial charge in [0.1, 0.15) is 5.75 Å². The molecule has 1 aliphatic rings. The minimum Gasteiger partial charge on any atom is -0.493 e. The Balaban J connectivity index is 1.95. The highest BCUT2D eigenvalue weighted by Gasteiger charge is 2.23. The molecule has 1 heterocycles. The van der Waals surface area contributed by atoms with Gasteiger partial charge >= 0.3 is 0 Å². The molecule has 0 spiro atoms. The Labute approximate surface area is 121 Å². The Morgan fingerprint density at radius 1 is 1.30 bits per heavy atom. The molecule has 1 saturated heterocycles. The molecule has 1 aromatic rings. The number of rotatable bonds is 5. The number of ether oxygens (including phenoxy) is 1. The normalized spacial score (nSPS) is 22.8. The molecular formula is C14H22N2O3S. The van der Waals surface area contributed by atoms with Gasteiger partial charge in [0, 0.05) is 19.5 Å². The Bertz CT molecular complexity index is 542. The zero-order valence-electron chi connectivity index (χ0n) is 12.2. The van der Waals surface area contributed by atoms with Crippen molar-refractivity contribution in [1.82, 2.24) is 5.32 Å². The monoisotopic (exact) mass is 298 g/mol. The van der Waals surface area contributed by atoms with Crippen LogP contribution < -0.4 is 14.4 Å². The Morgan fingerprint density at radius 3 is 2.45 bits per heavy atom. The van der Waals surface area contributed by atoms with E-state index in [4.69, 9.17) is 4.74 Å². The summed E-state index contributed by atoms with van der Waals surface area (Å²) < 4.78 is 29.9. The number of sulfonamides is 1. The average molecular weight is 298 g/mol. The molecule has 0 saturated carbocycles. The van der Waals surface area contributed by atoms with Crippen LogP contribution in [0.15, 0.2) is 24.3 Å². The maximum absolute atomic E-state index is 11.4. The molecule has 1 N–H and O–H groups in total. The molecule has 20 heavy (non-hydrogen) atoms. The van der Waals surface area contributed by atoms with Gasteiger partial charge in [-0.1, -0.05) is 6.92 Å². The lowest BCUT2D eigenvalue weighted by molar-refractivity contribution is 0.233. The number of hydrogen-bond donors (Lipinski definition) is 1. The number of nitrogens with zero attached hydrogens (tertiary/aromatic N) is 1. The molecule has 112 valence electrons. The molecule has 2 rings (SSSR count). The summed E-state index contributed by atoms with van der Waals surface area (Å²) in [7, 11) is -1.68. The molecule has 5 nitrogen and oxygen atoms in total. The molecule has 0 aromatic heterocycles. The first kappa shape index (κ1) is 15.1. The molecular weight excluding hydrogens is 276 g/mol. The minimum atomic E-state index is -3.22. The van der Waals surface area contributed by atoms with Crippen molar-refractivity contribution in [3.05, 3.63) is 24.3 Å². The largest absolute Gasteiger partial charge is 0.493 e. The zero-order chi connectivity index (χ0) is 14.8. The number of nitrogens with one attached hydrogen (secondary N) is 1. The second kappa shape index (κ2) is 6.01. The minimum absolute atomic E-state index is 0.536. The molecule has 6 heteroatoms. The summed E-state index contributed by atoms with van der Waals surface area (Å²) in [6.45, 7) is 4.95. The van der Waals surface area contributed by atoms with Crippen LogP contribution in [0.4, 0.5) is 5.69 Å². The van der Waals surface area contributed by atoms with Gasteiger partial charge in [-0.25, -0.2) is 8.42 Å². The van der Waals surface area contributed by atoms with Crippen molar-refractivity contribution in [1.29, 1.82) is 0 Å². The summed E-state index contributed by atoms with van der Waals surface area (Å²) in [4.78, 5) is 0. The zero-order valence-corrected chi connectivity index (χ0v) is 13.0. The van der Waals surface area contributed by atoms with Crippen molar-refractivity contribution in [2.45, 2.75) is 6.92 Å². The third-order valence-corrected chi connectivity index (χ3v) is 5.05. The van der Waals surface area contributed by atoms with Crippen molar-refractivity contribution in [3.8, 4) is 5.75 Å². The van der Waals surface area contributed by atoms with Crippen molar-refractivity contribution >= 4 is 15.7 Å². The standard InChI is InChI=1S/C14H22N2O3S/c1-11-8-15-9-12(11)10-19-14-6-4-13(5-7-14)16(2)20(3,17)18/h4-7,11-12,15H,8-10H2,1-3H3/t11-,12+/m0/s1. The van der Waals surface area contributed by atoms with Crippen LogP contribution in [0.5, 0.6) is 5.75 Å². The highest BCUT2D eigenvalue weighted by Crippen LogP contribution is 2.22. The van der Waals surface area contributed by atoms with Gasteiger partial charge in [-0.15, -0.1) is 0 Å². The second-order valence-corrected chi connectivity index (χ2v) is 7.44. The second-order valence-electron chi connectivity index (χ2n) is 5.43. The van der Waals surface area contributed by atoms with Crippen molar-refractivity contribution < 1.29 is 13.2 Å². The summed E-state index contributed by atoms with van der Waals surface area (Å²) in [6.07, 6.45) is 1.19. The first-order valence-corrected chi connectivity index (χ1v) is 8.60. The maximum Gasteiger partial charge on any atom is 0.231 e. The van der Waals surface area contributed by atoms with Crippen molar-refractivity contribution in [3.63, 3.8) is 0 Å². The Morgan fingerprint density at radius 2 is 1.95 bits per heavy atom. The predicted molar refractivity (Wildman–Crippen MR) is 80.7 cm³/mol. The summed E-state index contributed by atoms with van der Waals surface area (Å²) in [6, 6.07) is 7.13. The molecule has 0 unspecified atom stereocenters. The maximum atomic E-state index is 11.4. The van der Waals surface area contributed by atoms with Gasteiger partial charge in [0.05, 0.1) is 18.6 Å². The van der Waals surface area contributed by atoms with Gasteiger partial charge in [0.2, 0.25) is 10.0 Å². The van der Waals surface area contributed by atoms with Crippen molar-refractivity contribution in [2.75, 3.05) is 37.3 Å². The molecule has 1 aromatic carbocycles. The molecule has 0 amide bonds. The Kier molecular flexibility index (Phi) is 4.55. The first-order valence-electron chi connectivity index (χ1n) is 6.75. The van der Waals surface area contributed by atoms with E-state index in [2.05, 4.69) is 12.2 Å². The molecule has 0 radical (unpaired) electrons. The van der Waals surface area contributed by atoms with E-state index in [0.717, 1.165) is 18.8 Å². The Hall–Kier alpha value is -1.27. The summed E-state index contributed by atoms with van der Waals surface area (Å²) in [5.74, 6) is 1.94. The summed E-state index contributed by atoms with van der Waals surface area (Å²) in [5, 5.41) is 3.35. The summed E-state index contributed by atoms with van der Waals surface area (Å²) in [5.41, 5.74) is 0.635. The van der Waals surface area contributed by atoms with E-state index in [1.807, 2.05) is 12.1 Å². The van der Waals surface area contributed by atoms with Crippen LogP contribution in [-0.4, -0.2) is 41.4 Å². The van der Waals surface area contributed by atoms with E-state index in [1.54, 1.807) is 12.1 Å². The number of benzene rings is 1. The van der Waals surface area contributed by atoms with Gasteiger partial charge in [0.15, 0.2) is 0 Å². The third-order valence-electron chi connectivity index (χ3n) is 3.84. The smallest absolute Gasteiger partial charge is 0.231 e. The van der Waals surface area contributed by atoms with Gasteiger partial charge in [0.25, 0.3) is 0 Å². The SMILES string of the molecule is C[C@H]1CNC[C@@H]1COc1ccc(N(C)S(C)(=O)=O)cc1. The highest BCUT2D eigenvalue weighted by molar-refractivity contribution is 7.92. The fourth-order valence-corrected chi connectivity index (χ4v) is 2.74. The third kappa shape index (κ3) is 3.64. The molecule has 1 aliphatic heterocycles. The van der Waals surface area contributed by atoms with Gasteiger partial charge in [-0.2, -0.15) is 0 Å². The van der Waals surface area contributed by atoms with E-state index in [9.17, 15) is 8.42 Å². The predicted octanol–water partition coefficient (Wildman–Crippen LogP) is 1.32. The van der Waals surface area contributed by atoms with Gasteiger partial charge in [-0.3, -0.25) is 4.31 Å². The van der Waals surface area contributed by atoms with Crippen LogP contribution in [0.2, 0.25) is 0 Å². The fraction of sp³-hybridized carbons (Fsp3) is 0.571. The quantitative estimate of drug-likeness (QED) is 0.890. The highest BCUT2D eigenvalue weighted by atomic mass is 32.2. The first-order chi connectivity index (χ1) is 9.38. The topological polar surface area (TPSA) is 58.6 Å². The lowest BCUT2D eigenvalue weighted by Gasteiger charge is -2.18. The van der Waals surface area contributed by atoms with Crippen molar-refractivity contribution in [2.24, 2.45) is 11.8 Å². The van der Waals surface area contributed by atoms with E-state index >= 15 is 0 Å². The molecule has 1 fully saturated rings. The average Bonchev–Trinajstić information content (AvgIpc) is 2.81. The lowest BCUT2D eigenvalue weighted by Crippen LogP contribution is -2.24. The van der Waals surface area contributed by atoms with Crippen LogP contribution in [-0.2, 0) is 10.0 Å². The van der Waals surface area contributed by atoms with Crippen LogP contribution in [0.1, 0.15) is 6.92 Å². The van der Waals surface area contributed by atoms with Crippen LogP contribution in [0.25, 0.3) is 0 Å².